The van der Waals surface area contributed by atoms with Gasteiger partial charge in [0.05, 0.1) is 32.8 Å². The molecule has 8 heteroatoms. The number of hydrogen-bond donors (Lipinski definition) is 1. The van der Waals surface area contributed by atoms with Gasteiger partial charge in [0.1, 0.15) is 12.4 Å². The molecule has 0 bridgehead atoms. The summed E-state index contributed by atoms with van der Waals surface area (Å²) in [6.07, 6.45) is 0. The lowest BCUT2D eigenvalue weighted by Crippen LogP contribution is -2.53. The van der Waals surface area contributed by atoms with Crippen LogP contribution in [0.2, 0.25) is 0 Å². The number of rotatable bonds is 8. The number of benzene rings is 1. The van der Waals surface area contributed by atoms with Crippen molar-refractivity contribution in [1.82, 2.24) is 20.0 Å². The molecule has 3 rings (SSSR count). The van der Waals surface area contributed by atoms with E-state index in [-0.39, 0.29) is 11.8 Å². The molecule has 2 fully saturated rings. The van der Waals surface area contributed by atoms with Gasteiger partial charge < -0.3 is 19.7 Å². The third-order valence-electron chi connectivity index (χ3n) is 4.99. The Balaban J connectivity index is 1.27. The second-order valence-electron chi connectivity index (χ2n) is 7.06. The standard InChI is InChI=1S/C20H30N4O4/c25-19(21-6-13-28-18-4-2-1-3-5-18)16-22-7-9-24(10-8-22)20(26)17-23-11-14-27-15-12-23/h1-5H,6-17H2,(H,21,25). The number of para-hydroxylation sites is 1. The molecule has 154 valence electrons. The number of amides is 2. The summed E-state index contributed by atoms with van der Waals surface area (Å²) in [4.78, 5) is 30.6. The van der Waals surface area contributed by atoms with Gasteiger partial charge in [-0.15, -0.1) is 0 Å². The fourth-order valence-corrected chi connectivity index (χ4v) is 3.34. The molecule has 0 spiro atoms. The van der Waals surface area contributed by atoms with E-state index in [4.69, 9.17) is 9.47 Å². The third kappa shape index (κ3) is 6.78. The van der Waals surface area contributed by atoms with Crippen LogP contribution in [0.3, 0.4) is 0 Å². The summed E-state index contributed by atoms with van der Waals surface area (Å²) < 4.78 is 10.9. The Morgan fingerprint density at radius 1 is 0.929 bits per heavy atom. The maximum Gasteiger partial charge on any atom is 0.236 e. The largest absolute Gasteiger partial charge is 0.492 e. The molecule has 1 aromatic rings. The van der Waals surface area contributed by atoms with E-state index in [1.807, 2.05) is 35.2 Å². The van der Waals surface area contributed by atoms with Gasteiger partial charge in [-0.2, -0.15) is 0 Å². The molecular weight excluding hydrogens is 360 g/mol. The quantitative estimate of drug-likeness (QED) is 0.612. The number of carbonyl (C=O) groups excluding carboxylic acids is 2. The summed E-state index contributed by atoms with van der Waals surface area (Å²) in [6.45, 7) is 7.58. The molecule has 2 saturated heterocycles. The Labute approximate surface area is 166 Å². The number of piperazine rings is 1. The topological polar surface area (TPSA) is 74.4 Å². The highest BCUT2D eigenvalue weighted by Gasteiger charge is 2.24. The zero-order chi connectivity index (χ0) is 19.6. The smallest absolute Gasteiger partial charge is 0.236 e. The fraction of sp³-hybridized carbons (Fsp3) is 0.600. The third-order valence-corrected chi connectivity index (χ3v) is 4.99. The van der Waals surface area contributed by atoms with Crippen LogP contribution in [-0.2, 0) is 14.3 Å². The summed E-state index contributed by atoms with van der Waals surface area (Å²) in [6, 6.07) is 9.55. The average Bonchev–Trinajstić information content (AvgIpc) is 2.73. The summed E-state index contributed by atoms with van der Waals surface area (Å²) in [5.74, 6) is 0.962. The molecule has 0 aliphatic carbocycles. The number of morpholine rings is 1. The highest BCUT2D eigenvalue weighted by Crippen LogP contribution is 2.07. The molecule has 0 radical (unpaired) electrons. The van der Waals surface area contributed by atoms with Crippen molar-refractivity contribution >= 4 is 11.8 Å². The second-order valence-corrected chi connectivity index (χ2v) is 7.06. The predicted octanol–water partition coefficient (Wildman–Crippen LogP) is -0.342. The number of hydrogen-bond acceptors (Lipinski definition) is 6. The Bertz CT molecular complexity index is 614. The molecule has 0 aromatic heterocycles. The van der Waals surface area contributed by atoms with Crippen molar-refractivity contribution in [3.63, 3.8) is 0 Å². The van der Waals surface area contributed by atoms with E-state index in [0.29, 0.717) is 52.5 Å². The van der Waals surface area contributed by atoms with E-state index in [1.54, 1.807) is 0 Å². The molecule has 0 saturated carbocycles. The number of nitrogens with one attached hydrogen (secondary N) is 1. The Kier molecular flexibility index (Phi) is 8.07. The zero-order valence-corrected chi connectivity index (χ0v) is 16.3. The van der Waals surface area contributed by atoms with Gasteiger partial charge in [-0.05, 0) is 12.1 Å². The molecule has 1 aromatic carbocycles. The molecule has 2 aliphatic rings. The SMILES string of the molecule is O=C(CN1CCN(C(=O)CN2CCOCC2)CC1)NCCOc1ccccc1. The summed E-state index contributed by atoms with van der Waals surface area (Å²) in [5, 5.41) is 2.88. The first-order valence-electron chi connectivity index (χ1n) is 9.95. The molecule has 2 heterocycles. The molecule has 28 heavy (non-hydrogen) atoms. The Morgan fingerprint density at radius 3 is 2.32 bits per heavy atom. The maximum absolute atomic E-state index is 12.4. The molecule has 1 N–H and O–H groups in total. The van der Waals surface area contributed by atoms with Crippen molar-refractivity contribution in [2.75, 3.05) is 78.7 Å². The van der Waals surface area contributed by atoms with Crippen LogP contribution in [-0.4, -0.2) is 105 Å². The minimum Gasteiger partial charge on any atom is -0.492 e. The monoisotopic (exact) mass is 390 g/mol. The first-order chi connectivity index (χ1) is 13.7. The number of nitrogens with zero attached hydrogens (tertiary/aromatic N) is 3. The van der Waals surface area contributed by atoms with Crippen molar-refractivity contribution in [1.29, 1.82) is 0 Å². The lowest BCUT2D eigenvalue weighted by molar-refractivity contribution is -0.135. The van der Waals surface area contributed by atoms with E-state index in [0.717, 1.165) is 31.9 Å². The van der Waals surface area contributed by atoms with Crippen molar-refractivity contribution in [3.05, 3.63) is 30.3 Å². The van der Waals surface area contributed by atoms with Gasteiger partial charge in [0.15, 0.2) is 0 Å². The Morgan fingerprint density at radius 2 is 1.61 bits per heavy atom. The van der Waals surface area contributed by atoms with E-state index in [2.05, 4.69) is 15.1 Å². The van der Waals surface area contributed by atoms with Crippen molar-refractivity contribution in [3.8, 4) is 5.75 Å². The van der Waals surface area contributed by atoms with Gasteiger partial charge in [0, 0.05) is 39.3 Å². The van der Waals surface area contributed by atoms with E-state index < -0.39 is 0 Å². The number of carbonyl (C=O) groups is 2. The van der Waals surface area contributed by atoms with Crippen LogP contribution in [0, 0.1) is 0 Å². The lowest BCUT2D eigenvalue weighted by atomic mass is 10.3. The van der Waals surface area contributed by atoms with Crippen molar-refractivity contribution in [2.45, 2.75) is 0 Å². The highest BCUT2D eigenvalue weighted by molar-refractivity contribution is 5.79. The van der Waals surface area contributed by atoms with Crippen LogP contribution in [0.1, 0.15) is 0 Å². The summed E-state index contributed by atoms with van der Waals surface area (Å²) in [5.41, 5.74) is 0. The van der Waals surface area contributed by atoms with Crippen LogP contribution in [0.15, 0.2) is 30.3 Å². The lowest BCUT2D eigenvalue weighted by Gasteiger charge is -2.36. The molecule has 2 amide bonds. The van der Waals surface area contributed by atoms with Crippen LogP contribution >= 0.6 is 0 Å². The minimum atomic E-state index is -0.00949. The van der Waals surface area contributed by atoms with Gasteiger partial charge in [0.2, 0.25) is 11.8 Å². The molecule has 8 nitrogen and oxygen atoms in total. The van der Waals surface area contributed by atoms with Crippen LogP contribution < -0.4 is 10.1 Å². The van der Waals surface area contributed by atoms with Gasteiger partial charge in [-0.25, -0.2) is 0 Å². The predicted molar refractivity (Wildman–Crippen MR) is 105 cm³/mol. The first-order valence-corrected chi connectivity index (χ1v) is 9.95. The Hall–Kier alpha value is -2.16. The van der Waals surface area contributed by atoms with Gasteiger partial charge in [0.25, 0.3) is 0 Å². The average molecular weight is 390 g/mol. The normalized spacial score (nSPS) is 18.6. The van der Waals surface area contributed by atoms with E-state index >= 15 is 0 Å². The summed E-state index contributed by atoms with van der Waals surface area (Å²) in [7, 11) is 0. The zero-order valence-electron chi connectivity index (χ0n) is 16.3. The molecule has 0 unspecified atom stereocenters. The molecular formula is C20H30N4O4. The van der Waals surface area contributed by atoms with Gasteiger partial charge >= 0.3 is 0 Å². The van der Waals surface area contributed by atoms with Crippen molar-refractivity contribution in [2.24, 2.45) is 0 Å². The molecule has 0 atom stereocenters. The van der Waals surface area contributed by atoms with E-state index in [9.17, 15) is 9.59 Å². The van der Waals surface area contributed by atoms with Gasteiger partial charge in [-0.3, -0.25) is 19.4 Å². The minimum absolute atomic E-state index is 0.00949. The maximum atomic E-state index is 12.4. The van der Waals surface area contributed by atoms with Crippen molar-refractivity contribution < 1.29 is 19.1 Å². The highest BCUT2D eigenvalue weighted by atomic mass is 16.5. The van der Waals surface area contributed by atoms with Gasteiger partial charge in [-0.1, -0.05) is 18.2 Å². The van der Waals surface area contributed by atoms with Crippen LogP contribution in [0.4, 0.5) is 0 Å². The number of ether oxygens (including phenoxy) is 2. The fourth-order valence-electron chi connectivity index (χ4n) is 3.34. The molecule has 2 aliphatic heterocycles. The van der Waals surface area contributed by atoms with Crippen LogP contribution in [0.5, 0.6) is 5.75 Å². The van der Waals surface area contributed by atoms with Crippen LogP contribution in [0.25, 0.3) is 0 Å². The first kappa shape index (κ1) is 20.6. The van der Waals surface area contributed by atoms with E-state index in [1.165, 1.54) is 0 Å². The second kappa shape index (κ2) is 11.0. The summed E-state index contributed by atoms with van der Waals surface area (Å²) >= 11 is 0.